The Bertz CT molecular complexity index is 272. The van der Waals surface area contributed by atoms with Crippen LogP contribution in [0.25, 0.3) is 0 Å². The Hall–Kier alpha value is -1.44. The van der Waals surface area contributed by atoms with Crippen molar-refractivity contribution in [1.82, 2.24) is 0 Å². The second kappa shape index (κ2) is 3.10. The van der Waals surface area contributed by atoms with Gasteiger partial charge in [0, 0.05) is 11.8 Å². The molecule has 1 aromatic rings. The molecule has 0 spiro atoms. The molecule has 0 aliphatic rings. The Morgan fingerprint density at radius 1 is 1.27 bits per heavy atom. The zero-order valence-electron chi connectivity index (χ0n) is 6.39. The van der Waals surface area contributed by atoms with Crippen LogP contribution in [0.1, 0.15) is 11.1 Å². The molecule has 2 heteroatoms. The number of hydrogen-bond donors (Lipinski definition) is 2. The van der Waals surface area contributed by atoms with Gasteiger partial charge >= 0.3 is 0 Å². The molecule has 0 saturated heterocycles. The van der Waals surface area contributed by atoms with Crippen LogP contribution >= 0.6 is 0 Å². The first-order valence-corrected chi connectivity index (χ1v) is 3.40. The highest BCUT2D eigenvalue weighted by Crippen LogP contribution is 2.02. The molecule has 0 aliphatic heterocycles. The highest BCUT2D eigenvalue weighted by atomic mass is 14.5. The minimum Gasteiger partial charge on any atom is -0.307 e. The summed E-state index contributed by atoms with van der Waals surface area (Å²) in [4.78, 5) is 0. The van der Waals surface area contributed by atoms with E-state index in [0.717, 1.165) is 11.8 Å². The number of rotatable bonds is 2. The fraction of sp³-hybridized carbons (Fsp3) is 0.111. The maximum absolute atomic E-state index is 7.31. The lowest BCUT2D eigenvalue weighted by Crippen LogP contribution is -1.98. The second-order valence-corrected chi connectivity index (χ2v) is 2.42. The lowest BCUT2D eigenvalue weighted by Gasteiger charge is -1.96. The number of aryl methyl sites for hydroxylation is 1. The summed E-state index contributed by atoms with van der Waals surface area (Å²) >= 11 is 0. The summed E-state index contributed by atoms with van der Waals surface area (Å²) in [6, 6.07) is 7.58. The van der Waals surface area contributed by atoms with Crippen LogP contribution in [-0.4, -0.2) is 11.9 Å². The first-order chi connectivity index (χ1) is 5.24. The zero-order chi connectivity index (χ0) is 8.27. The third kappa shape index (κ3) is 1.74. The van der Waals surface area contributed by atoms with E-state index in [2.05, 4.69) is 0 Å². The van der Waals surface area contributed by atoms with Gasteiger partial charge in [-0.1, -0.05) is 29.8 Å². The first kappa shape index (κ1) is 7.66. The average Bonchev–Trinajstić information content (AvgIpc) is 2.05. The van der Waals surface area contributed by atoms with Gasteiger partial charge in [-0.3, -0.25) is 5.41 Å². The van der Waals surface area contributed by atoms with Gasteiger partial charge in [0.15, 0.2) is 0 Å². The normalized spacial score (nSPS) is 9.18. The number of benzene rings is 1. The monoisotopic (exact) mass is 146 g/mol. The maximum atomic E-state index is 7.31. The molecule has 0 unspecified atom stereocenters. The molecule has 1 aromatic carbocycles. The van der Waals surface area contributed by atoms with Crippen molar-refractivity contribution in [2.45, 2.75) is 6.92 Å². The van der Waals surface area contributed by atoms with Gasteiger partial charge in [-0.15, -0.1) is 0 Å². The third-order valence-electron chi connectivity index (χ3n) is 1.51. The molecule has 2 N–H and O–H groups in total. The Kier molecular flexibility index (Phi) is 2.16. The molecule has 0 fully saturated rings. The van der Waals surface area contributed by atoms with Gasteiger partial charge in [0.05, 0.1) is 5.71 Å². The van der Waals surface area contributed by atoms with Crippen LogP contribution in [0.3, 0.4) is 0 Å². The molecule has 0 heterocycles. The fourth-order valence-corrected chi connectivity index (χ4v) is 0.816. The van der Waals surface area contributed by atoms with Crippen molar-refractivity contribution in [3.63, 3.8) is 0 Å². The van der Waals surface area contributed by atoms with E-state index in [1.807, 2.05) is 31.2 Å². The summed E-state index contributed by atoms with van der Waals surface area (Å²) in [7, 11) is 0. The summed E-state index contributed by atoms with van der Waals surface area (Å²) in [6.45, 7) is 2.00. The van der Waals surface area contributed by atoms with E-state index in [4.69, 9.17) is 10.8 Å². The molecule has 0 aliphatic carbocycles. The number of nitrogens with one attached hydrogen (secondary N) is 2. The van der Waals surface area contributed by atoms with Crippen molar-refractivity contribution < 1.29 is 0 Å². The van der Waals surface area contributed by atoms with Gasteiger partial charge in [-0.25, -0.2) is 0 Å². The minimum absolute atomic E-state index is 0.255. The molecule has 0 radical (unpaired) electrons. The van der Waals surface area contributed by atoms with Crippen molar-refractivity contribution in [2.24, 2.45) is 0 Å². The molecule has 0 amide bonds. The molecule has 1 rings (SSSR count). The van der Waals surface area contributed by atoms with E-state index in [1.54, 1.807) is 0 Å². The van der Waals surface area contributed by atoms with Crippen LogP contribution in [0.15, 0.2) is 24.3 Å². The Labute approximate surface area is 65.9 Å². The Morgan fingerprint density at radius 2 is 1.82 bits per heavy atom. The van der Waals surface area contributed by atoms with Crippen LogP contribution in [0.2, 0.25) is 0 Å². The van der Waals surface area contributed by atoms with Crippen molar-refractivity contribution in [3.05, 3.63) is 35.4 Å². The third-order valence-corrected chi connectivity index (χ3v) is 1.51. The van der Waals surface area contributed by atoms with E-state index in [9.17, 15) is 0 Å². The molecule has 0 bridgehead atoms. The molecule has 56 valence electrons. The van der Waals surface area contributed by atoms with Gasteiger partial charge in [0.2, 0.25) is 0 Å². The second-order valence-electron chi connectivity index (χ2n) is 2.42. The van der Waals surface area contributed by atoms with E-state index in [-0.39, 0.29) is 5.71 Å². The molecular weight excluding hydrogens is 136 g/mol. The van der Waals surface area contributed by atoms with Gasteiger partial charge in [-0.05, 0) is 6.92 Å². The van der Waals surface area contributed by atoms with Crippen LogP contribution < -0.4 is 0 Å². The van der Waals surface area contributed by atoms with Crippen molar-refractivity contribution >= 4 is 11.9 Å². The van der Waals surface area contributed by atoms with Crippen molar-refractivity contribution in [1.29, 1.82) is 10.8 Å². The minimum atomic E-state index is 0.255. The van der Waals surface area contributed by atoms with Crippen molar-refractivity contribution in [3.8, 4) is 0 Å². The smallest absolute Gasteiger partial charge is 0.0787 e. The summed E-state index contributed by atoms with van der Waals surface area (Å²) in [5, 5.41) is 14.2. The van der Waals surface area contributed by atoms with Crippen molar-refractivity contribution in [2.75, 3.05) is 0 Å². The molecule has 2 nitrogen and oxygen atoms in total. The Morgan fingerprint density at radius 3 is 2.27 bits per heavy atom. The average molecular weight is 146 g/mol. The van der Waals surface area contributed by atoms with Crippen LogP contribution in [-0.2, 0) is 0 Å². The predicted octanol–water partition coefficient (Wildman–Crippen LogP) is 2.01. The summed E-state index contributed by atoms with van der Waals surface area (Å²) < 4.78 is 0. The molecule has 0 aromatic heterocycles. The van der Waals surface area contributed by atoms with Gasteiger partial charge < -0.3 is 5.41 Å². The Balaban J connectivity index is 2.98. The SMILES string of the molecule is Cc1ccc(C(=N)C=N)cc1. The molecule has 0 saturated carbocycles. The summed E-state index contributed by atoms with van der Waals surface area (Å²) in [6.07, 6.45) is 1.05. The lowest BCUT2D eigenvalue weighted by atomic mass is 10.1. The molecular formula is C9H10N2. The molecule has 0 atom stereocenters. The number of hydrogen-bond acceptors (Lipinski definition) is 2. The summed E-state index contributed by atoms with van der Waals surface area (Å²) in [5.41, 5.74) is 2.22. The van der Waals surface area contributed by atoms with Crippen LogP contribution in [0, 0.1) is 17.7 Å². The largest absolute Gasteiger partial charge is 0.307 e. The van der Waals surface area contributed by atoms with Gasteiger partial charge in [0.1, 0.15) is 0 Å². The van der Waals surface area contributed by atoms with E-state index < -0.39 is 0 Å². The predicted molar refractivity (Wildman–Crippen MR) is 46.8 cm³/mol. The van der Waals surface area contributed by atoms with Gasteiger partial charge in [0.25, 0.3) is 0 Å². The zero-order valence-corrected chi connectivity index (χ0v) is 6.39. The summed E-state index contributed by atoms with van der Waals surface area (Å²) in [5.74, 6) is 0. The van der Waals surface area contributed by atoms with Crippen LogP contribution in [0.5, 0.6) is 0 Å². The van der Waals surface area contributed by atoms with E-state index in [1.165, 1.54) is 5.56 Å². The standard InChI is InChI=1S/C9H10N2/c1-7-2-4-8(5-3-7)9(11)6-10/h2-6,10-11H,1H3. The maximum Gasteiger partial charge on any atom is 0.0787 e. The topological polar surface area (TPSA) is 47.7 Å². The molecule has 11 heavy (non-hydrogen) atoms. The fourth-order valence-electron chi connectivity index (χ4n) is 0.816. The van der Waals surface area contributed by atoms with Crippen LogP contribution in [0.4, 0.5) is 0 Å². The highest BCUT2D eigenvalue weighted by Gasteiger charge is 1.94. The highest BCUT2D eigenvalue weighted by molar-refractivity contribution is 6.35. The van der Waals surface area contributed by atoms with E-state index >= 15 is 0 Å². The first-order valence-electron chi connectivity index (χ1n) is 3.40. The quantitative estimate of drug-likeness (QED) is 0.600. The van der Waals surface area contributed by atoms with Gasteiger partial charge in [-0.2, -0.15) is 0 Å². The lowest BCUT2D eigenvalue weighted by molar-refractivity contribution is 1.44. The van der Waals surface area contributed by atoms with E-state index in [0.29, 0.717) is 0 Å².